The third-order valence-electron chi connectivity index (χ3n) is 3.44. The number of aliphatic carboxylic acids is 1. The zero-order chi connectivity index (χ0) is 16.5. The molecule has 6 heteroatoms. The Balaban J connectivity index is 0.00000122. The van der Waals surface area contributed by atoms with Crippen molar-refractivity contribution in [3.63, 3.8) is 0 Å². The average Bonchev–Trinajstić information content (AvgIpc) is 2.42. The van der Waals surface area contributed by atoms with E-state index in [0.717, 1.165) is 10.0 Å². The zero-order valence-electron chi connectivity index (χ0n) is 11.9. The summed E-state index contributed by atoms with van der Waals surface area (Å²) in [5.74, 6) is -0.847. The van der Waals surface area contributed by atoms with Gasteiger partial charge in [0.2, 0.25) is 0 Å². The highest BCUT2D eigenvalue weighted by molar-refractivity contribution is 9.10. The lowest BCUT2D eigenvalue weighted by Gasteiger charge is -2.30. The van der Waals surface area contributed by atoms with Crippen LogP contribution in [0, 0.1) is 0 Å². The van der Waals surface area contributed by atoms with E-state index in [1.807, 2.05) is 31.2 Å². The van der Waals surface area contributed by atoms with Crippen molar-refractivity contribution in [2.24, 2.45) is 0 Å². The standard InChI is InChI=1S/C14H17BrO3.CO2/c1-3-14(10(2)16,9-8-13(17)18)11-4-6-12(15)7-5-11;2-1-3/h4-7H,3,8-9H2,1-2H3,(H,17,18);. The lowest BCUT2D eigenvalue weighted by Crippen LogP contribution is -2.34. The monoisotopic (exact) mass is 356 g/mol. The van der Waals surface area contributed by atoms with Crippen molar-refractivity contribution in [2.75, 3.05) is 0 Å². The molecule has 1 atom stereocenters. The van der Waals surface area contributed by atoms with E-state index in [1.54, 1.807) is 0 Å². The van der Waals surface area contributed by atoms with E-state index in [-0.39, 0.29) is 18.4 Å². The fourth-order valence-corrected chi connectivity index (χ4v) is 2.51. The second-order valence-electron chi connectivity index (χ2n) is 4.48. The molecule has 0 spiro atoms. The highest BCUT2D eigenvalue weighted by Gasteiger charge is 2.35. The fourth-order valence-electron chi connectivity index (χ4n) is 2.24. The highest BCUT2D eigenvalue weighted by Crippen LogP contribution is 2.34. The number of carboxylic acid groups (broad SMARTS) is 1. The minimum Gasteiger partial charge on any atom is -0.481 e. The van der Waals surface area contributed by atoms with Crippen LogP contribution >= 0.6 is 15.9 Å². The molecule has 0 aliphatic heterocycles. The Morgan fingerprint density at radius 3 is 2.05 bits per heavy atom. The number of ketones is 1. The van der Waals surface area contributed by atoms with E-state index in [1.165, 1.54) is 6.92 Å². The van der Waals surface area contributed by atoms with Gasteiger partial charge in [-0.15, -0.1) is 0 Å². The maximum absolute atomic E-state index is 12.0. The van der Waals surface area contributed by atoms with Crippen LogP contribution in [0.2, 0.25) is 0 Å². The van der Waals surface area contributed by atoms with Crippen molar-refractivity contribution in [2.45, 2.75) is 38.5 Å². The van der Waals surface area contributed by atoms with Crippen molar-refractivity contribution < 1.29 is 24.3 Å². The SMILES string of the molecule is CCC(CCC(=O)O)(C(C)=O)c1ccc(Br)cc1.O=C=O. The molecule has 0 aliphatic carbocycles. The summed E-state index contributed by atoms with van der Waals surface area (Å²) in [5, 5.41) is 8.83. The summed E-state index contributed by atoms with van der Waals surface area (Å²) in [7, 11) is 0. The van der Waals surface area contributed by atoms with Gasteiger partial charge in [0, 0.05) is 10.9 Å². The molecule has 0 radical (unpaired) electrons. The van der Waals surface area contributed by atoms with Crippen molar-refractivity contribution >= 4 is 33.8 Å². The van der Waals surface area contributed by atoms with Gasteiger partial charge in [0.1, 0.15) is 5.78 Å². The van der Waals surface area contributed by atoms with E-state index in [2.05, 4.69) is 15.9 Å². The lowest BCUT2D eigenvalue weighted by atomic mass is 9.72. The second kappa shape index (κ2) is 9.21. The maximum Gasteiger partial charge on any atom is 0.373 e. The number of rotatable bonds is 6. The van der Waals surface area contributed by atoms with Gasteiger partial charge < -0.3 is 5.11 Å². The van der Waals surface area contributed by atoms with Crippen molar-refractivity contribution in [1.82, 2.24) is 0 Å². The van der Waals surface area contributed by atoms with E-state index >= 15 is 0 Å². The van der Waals surface area contributed by atoms with Gasteiger partial charge in [0.25, 0.3) is 0 Å². The second-order valence-corrected chi connectivity index (χ2v) is 5.39. The van der Waals surface area contributed by atoms with E-state index < -0.39 is 11.4 Å². The molecule has 1 rings (SSSR count). The number of benzene rings is 1. The molecule has 5 nitrogen and oxygen atoms in total. The summed E-state index contributed by atoms with van der Waals surface area (Å²) < 4.78 is 0.943. The first-order valence-electron chi connectivity index (χ1n) is 6.32. The van der Waals surface area contributed by atoms with Crippen LogP contribution in [0.25, 0.3) is 0 Å². The zero-order valence-corrected chi connectivity index (χ0v) is 13.5. The van der Waals surface area contributed by atoms with Gasteiger partial charge in [0.05, 0.1) is 5.41 Å². The fraction of sp³-hybridized carbons (Fsp3) is 0.400. The van der Waals surface area contributed by atoms with Gasteiger partial charge in [-0.2, -0.15) is 9.59 Å². The van der Waals surface area contributed by atoms with Crippen molar-refractivity contribution in [3.8, 4) is 0 Å². The first-order valence-corrected chi connectivity index (χ1v) is 7.11. The normalized spacial score (nSPS) is 12.3. The minimum atomic E-state index is -0.869. The predicted octanol–water partition coefficient (Wildman–Crippen LogP) is 2.97. The average molecular weight is 357 g/mol. The number of carboxylic acids is 1. The topological polar surface area (TPSA) is 88.5 Å². The number of halogens is 1. The molecule has 0 fully saturated rings. The summed E-state index contributed by atoms with van der Waals surface area (Å²) in [6.45, 7) is 3.46. The van der Waals surface area contributed by atoms with Crippen LogP contribution < -0.4 is 0 Å². The Kier molecular flexibility index (Phi) is 8.43. The van der Waals surface area contributed by atoms with Crippen LogP contribution in [0.1, 0.15) is 38.7 Å². The first-order chi connectivity index (χ1) is 9.83. The van der Waals surface area contributed by atoms with Crippen LogP contribution in [0.4, 0.5) is 0 Å². The Hall–Kier alpha value is -1.78. The molecule has 0 amide bonds. The summed E-state index contributed by atoms with van der Waals surface area (Å²) in [4.78, 5) is 39.0. The lowest BCUT2D eigenvalue weighted by molar-refractivity contribution is -0.191. The molecule has 0 saturated carbocycles. The van der Waals surface area contributed by atoms with Crippen LogP contribution in [-0.2, 0) is 24.6 Å². The molecule has 0 heterocycles. The molecule has 1 aromatic rings. The molecule has 0 saturated heterocycles. The molecule has 1 unspecified atom stereocenters. The molecule has 1 N–H and O–H groups in total. The van der Waals surface area contributed by atoms with Gasteiger partial charge in [-0.3, -0.25) is 9.59 Å². The van der Waals surface area contributed by atoms with E-state index in [0.29, 0.717) is 12.8 Å². The van der Waals surface area contributed by atoms with Gasteiger partial charge in [-0.1, -0.05) is 35.0 Å². The van der Waals surface area contributed by atoms with Gasteiger partial charge in [-0.25, -0.2) is 0 Å². The molecule has 0 aromatic heterocycles. The van der Waals surface area contributed by atoms with Crippen molar-refractivity contribution in [3.05, 3.63) is 34.3 Å². The van der Waals surface area contributed by atoms with Crippen LogP contribution in [-0.4, -0.2) is 23.0 Å². The number of carbonyl (C=O) groups excluding carboxylic acids is 3. The van der Waals surface area contributed by atoms with E-state index in [4.69, 9.17) is 14.7 Å². The number of hydrogen-bond donors (Lipinski definition) is 1. The van der Waals surface area contributed by atoms with Crippen molar-refractivity contribution in [1.29, 1.82) is 0 Å². The summed E-state index contributed by atoms with van der Waals surface area (Å²) in [6, 6.07) is 7.53. The van der Waals surface area contributed by atoms with Gasteiger partial charge >= 0.3 is 12.1 Å². The Labute approximate surface area is 131 Å². The summed E-state index contributed by atoms with van der Waals surface area (Å²) in [5.41, 5.74) is 0.209. The third-order valence-corrected chi connectivity index (χ3v) is 3.97. The van der Waals surface area contributed by atoms with E-state index in [9.17, 15) is 9.59 Å². The Bertz CT molecular complexity index is 517. The smallest absolute Gasteiger partial charge is 0.373 e. The Morgan fingerprint density at radius 1 is 1.24 bits per heavy atom. The van der Waals surface area contributed by atoms with Gasteiger partial charge in [-0.05, 0) is 37.5 Å². The largest absolute Gasteiger partial charge is 0.481 e. The maximum atomic E-state index is 12.0. The molecule has 114 valence electrons. The molecule has 0 aliphatic rings. The number of hydrogen-bond acceptors (Lipinski definition) is 4. The van der Waals surface area contributed by atoms with Crippen LogP contribution in [0.3, 0.4) is 0 Å². The van der Waals surface area contributed by atoms with Crippen LogP contribution in [0.15, 0.2) is 28.7 Å². The first kappa shape index (κ1) is 19.2. The van der Waals surface area contributed by atoms with Crippen LogP contribution in [0.5, 0.6) is 0 Å². The molecule has 0 bridgehead atoms. The quantitative estimate of drug-likeness (QED) is 0.846. The predicted molar refractivity (Wildman–Crippen MR) is 78.7 cm³/mol. The van der Waals surface area contributed by atoms with Gasteiger partial charge in [0.15, 0.2) is 0 Å². The number of carbonyl (C=O) groups is 2. The summed E-state index contributed by atoms with van der Waals surface area (Å²) in [6.07, 6.45) is 1.20. The number of Topliss-reactive ketones (excluding diaryl/α,β-unsaturated/α-hetero) is 1. The third kappa shape index (κ3) is 5.61. The molecular formula is C15H17BrO5. The minimum absolute atomic E-state index is 0.00346. The molecule has 21 heavy (non-hydrogen) atoms. The highest BCUT2D eigenvalue weighted by atomic mass is 79.9. The molecule has 1 aromatic carbocycles. The molecular weight excluding hydrogens is 340 g/mol. The summed E-state index contributed by atoms with van der Waals surface area (Å²) >= 11 is 3.35. The Morgan fingerprint density at radius 2 is 1.71 bits per heavy atom.